The summed E-state index contributed by atoms with van der Waals surface area (Å²) in [4.78, 5) is 28.6. The van der Waals surface area contributed by atoms with Gasteiger partial charge in [-0.1, -0.05) is 20.8 Å². The van der Waals surface area contributed by atoms with Crippen LogP contribution >= 0.6 is 0 Å². The van der Waals surface area contributed by atoms with E-state index in [-0.39, 0.29) is 17.2 Å². The molecule has 0 saturated heterocycles. The minimum absolute atomic E-state index is 0.190. The second-order valence-corrected chi connectivity index (χ2v) is 8.40. The molecule has 3 aromatic rings. The van der Waals surface area contributed by atoms with Crippen molar-refractivity contribution in [2.24, 2.45) is 0 Å². The molecule has 164 valence electrons. The predicted octanol–water partition coefficient (Wildman–Crippen LogP) is 4.53. The Balaban J connectivity index is 1.74. The molecule has 0 aliphatic rings. The minimum Gasteiger partial charge on any atom is -0.495 e. The Morgan fingerprint density at radius 2 is 1.77 bits per heavy atom. The Morgan fingerprint density at radius 3 is 2.42 bits per heavy atom. The minimum atomic E-state index is -0.541. The SMILES string of the molecule is COc1ccc(NC(C)=O)cc1NC(=O)C(C)Nc1ccc2oc(C(C)(C)C)nc2c1. The van der Waals surface area contributed by atoms with E-state index in [0.29, 0.717) is 28.6 Å². The van der Waals surface area contributed by atoms with Gasteiger partial charge in [-0.05, 0) is 43.3 Å². The molecule has 31 heavy (non-hydrogen) atoms. The van der Waals surface area contributed by atoms with Gasteiger partial charge in [0.05, 0.1) is 12.8 Å². The lowest BCUT2D eigenvalue weighted by molar-refractivity contribution is -0.116. The van der Waals surface area contributed by atoms with Crippen molar-refractivity contribution in [3.63, 3.8) is 0 Å². The van der Waals surface area contributed by atoms with Crippen LogP contribution in [0, 0.1) is 0 Å². The Bertz CT molecular complexity index is 1110. The standard InChI is InChI=1S/C23H28N4O4/c1-13(21(29)26-17-12-16(25-14(2)28)7-9-19(17)30-6)24-15-8-10-20-18(11-15)27-22(31-20)23(3,4)5/h7-13,24H,1-6H3,(H,25,28)(H,26,29). The number of nitrogens with one attached hydrogen (secondary N) is 3. The molecule has 0 fully saturated rings. The summed E-state index contributed by atoms with van der Waals surface area (Å²) in [5.41, 5.74) is 3.02. The van der Waals surface area contributed by atoms with Crippen molar-refractivity contribution in [2.45, 2.75) is 46.1 Å². The van der Waals surface area contributed by atoms with Crippen LogP contribution < -0.4 is 20.7 Å². The number of carbonyl (C=O) groups is 2. The Morgan fingerprint density at radius 1 is 1.06 bits per heavy atom. The molecule has 0 aliphatic carbocycles. The molecule has 1 atom stereocenters. The van der Waals surface area contributed by atoms with E-state index in [2.05, 4.69) is 20.9 Å². The summed E-state index contributed by atoms with van der Waals surface area (Å²) in [5, 5.41) is 8.72. The van der Waals surface area contributed by atoms with Gasteiger partial charge in [0.2, 0.25) is 17.7 Å². The molecule has 0 spiro atoms. The number of methoxy groups -OCH3 is 1. The number of anilines is 3. The average Bonchev–Trinajstić information content (AvgIpc) is 3.11. The summed E-state index contributed by atoms with van der Waals surface area (Å²) < 4.78 is 11.1. The fourth-order valence-electron chi connectivity index (χ4n) is 2.98. The van der Waals surface area contributed by atoms with Gasteiger partial charge in [-0.25, -0.2) is 4.98 Å². The number of fused-ring (bicyclic) bond motifs is 1. The van der Waals surface area contributed by atoms with E-state index >= 15 is 0 Å². The Hall–Kier alpha value is -3.55. The lowest BCUT2D eigenvalue weighted by atomic mass is 9.97. The van der Waals surface area contributed by atoms with Crippen LogP contribution in [-0.4, -0.2) is 29.9 Å². The van der Waals surface area contributed by atoms with Crippen molar-refractivity contribution < 1.29 is 18.7 Å². The molecule has 0 bridgehead atoms. The number of hydrogen-bond donors (Lipinski definition) is 3. The van der Waals surface area contributed by atoms with Gasteiger partial charge in [-0.3, -0.25) is 9.59 Å². The van der Waals surface area contributed by atoms with Crippen LogP contribution in [0.5, 0.6) is 5.75 Å². The summed E-state index contributed by atoms with van der Waals surface area (Å²) in [6, 6.07) is 10.0. The number of amides is 2. The van der Waals surface area contributed by atoms with E-state index in [0.717, 1.165) is 11.2 Å². The van der Waals surface area contributed by atoms with Crippen LogP contribution in [0.25, 0.3) is 11.1 Å². The van der Waals surface area contributed by atoms with Gasteiger partial charge in [0, 0.05) is 23.7 Å². The molecule has 8 nitrogen and oxygen atoms in total. The van der Waals surface area contributed by atoms with E-state index in [9.17, 15) is 9.59 Å². The van der Waals surface area contributed by atoms with Gasteiger partial charge in [0.15, 0.2) is 5.58 Å². The largest absolute Gasteiger partial charge is 0.495 e. The molecular formula is C23H28N4O4. The predicted molar refractivity (Wildman–Crippen MR) is 122 cm³/mol. The molecule has 0 aliphatic heterocycles. The first kappa shape index (κ1) is 22.1. The molecule has 2 aromatic carbocycles. The highest BCUT2D eigenvalue weighted by molar-refractivity contribution is 5.99. The monoisotopic (exact) mass is 424 g/mol. The number of nitrogens with zero attached hydrogens (tertiary/aromatic N) is 1. The molecule has 0 radical (unpaired) electrons. The van der Waals surface area contributed by atoms with Gasteiger partial charge in [0.25, 0.3) is 0 Å². The average molecular weight is 425 g/mol. The summed E-state index contributed by atoms with van der Waals surface area (Å²) in [6.45, 7) is 9.30. The zero-order valence-corrected chi connectivity index (χ0v) is 18.6. The first-order valence-corrected chi connectivity index (χ1v) is 10.0. The van der Waals surface area contributed by atoms with Gasteiger partial charge >= 0.3 is 0 Å². The summed E-state index contributed by atoms with van der Waals surface area (Å²) in [6.07, 6.45) is 0. The molecule has 1 aromatic heterocycles. The third kappa shape index (κ3) is 5.33. The number of benzene rings is 2. The fourth-order valence-corrected chi connectivity index (χ4v) is 2.98. The van der Waals surface area contributed by atoms with Crippen LogP contribution in [0.15, 0.2) is 40.8 Å². The maximum absolute atomic E-state index is 12.8. The van der Waals surface area contributed by atoms with Crippen molar-refractivity contribution in [3.05, 3.63) is 42.3 Å². The Kier molecular flexibility index (Phi) is 6.19. The zero-order valence-electron chi connectivity index (χ0n) is 18.6. The van der Waals surface area contributed by atoms with Crippen molar-refractivity contribution in [3.8, 4) is 5.75 Å². The molecule has 2 amide bonds. The van der Waals surface area contributed by atoms with Gasteiger partial charge < -0.3 is 25.1 Å². The number of aromatic nitrogens is 1. The summed E-state index contributed by atoms with van der Waals surface area (Å²) in [7, 11) is 1.52. The maximum Gasteiger partial charge on any atom is 0.246 e. The second kappa shape index (κ2) is 8.67. The van der Waals surface area contributed by atoms with Gasteiger partial charge in [0.1, 0.15) is 17.3 Å². The van der Waals surface area contributed by atoms with Crippen molar-refractivity contribution in [2.75, 3.05) is 23.1 Å². The van der Waals surface area contributed by atoms with Crippen molar-refractivity contribution in [1.82, 2.24) is 4.98 Å². The van der Waals surface area contributed by atoms with Crippen molar-refractivity contribution in [1.29, 1.82) is 0 Å². The molecule has 8 heteroatoms. The molecule has 1 unspecified atom stereocenters. The maximum atomic E-state index is 12.8. The second-order valence-electron chi connectivity index (χ2n) is 8.40. The number of ether oxygens (including phenoxy) is 1. The lowest BCUT2D eigenvalue weighted by Gasteiger charge is -2.17. The highest BCUT2D eigenvalue weighted by Gasteiger charge is 2.21. The third-order valence-electron chi connectivity index (χ3n) is 4.58. The number of rotatable bonds is 6. The Labute approximate surface area is 181 Å². The molecular weight excluding hydrogens is 396 g/mol. The van der Waals surface area contributed by atoms with E-state index in [1.165, 1.54) is 14.0 Å². The summed E-state index contributed by atoms with van der Waals surface area (Å²) >= 11 is 0. The van der Waals surface area contributed by atoms with Gasteiger partial charge in [-0.15, -0.1) is 0 Å². The first-order valence-electron chi connectivity index (χ1n) is 10.0. The quantitative estimate of drug-likeness (QED) is 0.537. The molecule has 1 heterocycles. The summed E-state index contributed by atoms with van der Waals surface area (Å²) in [5.74, 6) is 0.703. The smallest absolute Gasteiger partial charge is 0.246 e. The third-order valence-corrected chi connectivity index (χ3v) is 4.58. The topological polar surface area (TPSA) is 105 Å². The molecule has 0 saturated carbocycles. The molecule has 3 rings (SSSR count). The van der Waals surface area contributed by atoms with E-state index in [4.69, 9.17) is 9.15 Å². The lowest BCUT2D eigenvalue weighted by Crippen LogP contribution is -2.32. The number of carbonyl (C=O) groups excluding carboxylic acids is 2. The first-order chi connectivity index (χ1) is 14.6. The number of oxazole rings is 1. The van der Waals surface area contributed by atoms with Crippen LogP contribution in [0.3, 0.4) is 0 Å². The fraction of sp³-hybridized carbons (Fsp3) is 0.348. The molecule has 3 N–H and O–H groups in total. The van der Waals surface area contributed by atoms with Crippen LogP contribution in [0.4, 0.5) is 17.1 Å². The van der Waals surface area contributed by atoms with Crippen LogP contribution in [0.1, 0.15) is 40.5 Å². The van der Waals surface area contributed by atoms with E-state index < -0.39 is 6.04 Å². The van der Waals surface area contributed by atoms with E-state index in [1.807, 2.05) is 39.0 Å². The highest BCUT2D eigenvalue weighted by atomic mass is 16.5. The zero-order chi connectivity index (χ0) is 22.8. The highest BCUT2D eigenvalue weighted by Crippen LogP contribution is 2.29. The van der Waals surface area contributed by atoms with Crippen molar-refractivity contribution >= 4 is 40.0 Å². The normalized spacial score (nSPS) is 12.3. The number of hydrogen-bond acceptors (Lipinski definition) is 6. The van der Waals surface area contributed by atoms with Crippen LogP contribution in [0.2, 0.25) is 0 Å². The van der Waals surface area contributed by atoms with Crippen LogP contribution in [-0.2, 0) is 15.0 Å². The van der Waals surface area contributed by atoms with Gasteiger partial charge in [-0.2, -0.15) is 0 Å². The van der Waals surface area contributed by atoms with E-state index in [1.54, 1.807) is 25.1 Å².